The first-order chi connectivity index (χ1) is 61.5. The van der Waals surface area contributed by atoms with Gasteiger partial charge in [0.2, 0.25) is 17.8 Å². The number of fused-ring (bicyclic) bond motifs is 35. The molecule has 0 bridgehead atoms. The predicted octanol–water partition coefficient (Wildman–Crippen LogP) is 30.4. The van der Waals surface area contributed by atoms with Crippen LogP contribution in [0.4, 0.5) is 0 Å². The van der Waals surface area contributed by atoms with Crippen molar-refractivity contribution in [2.75, 3.05) is 0 Å². The number of para-hydroxylation sites is 4. The summed E-state index contributed by atoms with van der Waals surface area (Å²) in [6.45, 7) is 0. The Kier molecular flexibility index (Phi) is 14.0. The van der Waals surface area contributed by atoms with Crippen LogP contribution in [0.5, 0.6) is 0 Å². The average molecular weight is 1610 g/mol. The number of nitrogens with zero attached hydrogens (tertiary/aromatic N) is 9. The highest BCUT2D eigenvalue weighted by Crippen LogP contribution is 2.54. The molecule has 0 unspecified atom stereocenters. The van der Waals surface area contributed by atoms with Gasteiger partial charge in [-0.15, -0.1) is 22.7 Å². The highest BCUT2D eigenvalue weighted by molar-refractivity contribution is 7.27. The molecule has 10 nitrogen and oxygen atoms in total. The Morgan fingerprint density at radius 1 is 0.226 bits per heavy atom. The first-order valence-corrected chi connectivity index (χ1v) is 43.5. The van der Waals surface area contributed by atoms with Crippen LogP contribution in [0.1, 0.15) is 0 Å². The maximum absolute atomic E-state index is 7.38. The topological polar surface area (TPSA) is 105 Å². The summed E-state index contributed by atoms with van der Waals surface area (Å²) in [6, 6.07) is 134. The van der Waals surface area contributed by atoms with E-state index >= 15 is 0 Å². The van der Waals surface area contributed by atoms with Crippen LogP contribution in [0.15, 0.2) is 374 Å². The summed E-state index contributed by atoms with van der Waals surface area (Å²) in [4.78, 5) is 34.4. The lowest BCUT2D eigenvalue weighted by molar-refractivity contribution is 0.673. The molecule has 19 aromatic carbocycles. The van der Waals surface area contributed by atoms with Crippen molar-refractivity contribution in [2.45, 2.75) is 0 Å². The lowest BCUT2D eigenvalue weighted by atomic mass is 9.93. The number of furan rings is 1. The molecule has 0 fully saturated rings. The molecule has 572 valence electrons. The molecule has 28 aromatic rings. The number of aromatic nitrogens is 9. The van der Waals surface area contributed by atoms with Crippen molar-refractivity contribution in [3.8, 4) is 73.9 Å². The molecule has 0 N–H and O–H groups in total. The van der Waals surface area contributed by atoms with Gasteiger partial charge in [-0.3, -0.25) is 13.7 Å². The molecule has 9 aromatic heterocycles. The molecule has 124 heavy (non-hydrogen) atoms. The smallest absolute Gasteiger partial charge is 0.235 e. The first-order valence-electron chi connectivity index (χ1n) is 41.9. The number of thiophene rings is 2. The second kappa shape index (κ2) is 25.7. The number of benzene rings is 19. The summed E-state index contributed by atoms with van der Waals surface area (Å²) in [7, 11) is 0. The summed E-state index contributed by atoms with van der Waals surface area (Å²) in [5.74, 6) is 1.78. The monoisotopic (exact) mass is 1610 g/mol. The third kappa shape index (κ3) is 9.51. The fourth-order valence-electron chi connectivity index (χ4n) is 20.7. The summed E-state index contributed by atoms with van der Waals surface area (Å²) < 4.78 is 19.3. The van der Waals surface area contributed by atoms with Crippen LogP contribution in [-0.4, -0.2) is 43.6 Å². The van der Waals surface area contributed by atoms with E-state index in [0.29, 0.717) is 17.8 Å². The minimum absolute atomic E-state index is 0.564. The molecule has 0 radical (unpaired) electrons. The van der Waals surface area contributed by atoms with Crippen molar-refractivity contribution in [2.24, 2.45) is 0 Å². The van der Waals surface area contributed by atoms with Crippen molar-refractivity contribution in [1.29, 1.82) is 0 Å². The molecule has 0 aliphatic rings. The third-order valence-corrected chi connectivity index (χ3v) is 28.4. The molecule has 0 aliphatic heterocycles. The first kappa shape index (κ1) is 67.7. The van der Waals surface area contributed by atoms with Gasteiger partial charge in [0.25, 0.3) is 0 Å². The summed E-state index contributed by atoms with van der Waals surface area (Å²) in [6.07, 6.45) is 0. The molecule has 12 heteroatoms. The molecule has 0 saturated carbocycles. The third-order valence-electron chi connectivity index (χ3n) is 26.0. The van der Waals surface area contributed by atoms with E-state index in [4.69, 9.17) is 34.3 Å². The lowest BCUT2D eigenvalue weighted by Gasteiger charge is -2.15. The fourth-order valence-corrected chi connectivity index (χ4v) is 23.2. The average Bonchev–Trinajstić information content (AvgIpc) is 1.54. The number of hydrogen-bond donors (Lipinski definition) is 0. The second-order valence-electron chi connectivity index (χ2n) is 32.5. The summed E-state index contributed by atoms with van der Waals surface area (Å²) >= 11 is 3.70. The second-order valence-corrected chi connectivity index (χ2v) is 34.6. The summed E-state index contributed by atoms with van der Waals surface area (Å²) in [5.41, 5.74) is 20.1. The van der Waals surface area contributed by atoms with E-state index in [1.807, 2.05) is 22.7 Å². The maximum Gasteiger partial charge on any atom is 0.235 e. The van der Waals surface area contributed by atoms with Crippen LogP contribution in [0.3, 0.4) is 0 Å². The zero-order valence-corrected chi connectivity index (χ0v) is 67.6. The van der Waals surface area contributed by atoms with E-state index in [0.717, 1.165) is 208 Å². The molecule has 9 heterocycles. The quantitative estimate of drug-likeness (QED) is 0.140. The Labute approximate surface area is 712 Å². The minimum atomic E-state index is 0.564. The molecule has 28 rings (SSSR count). The van der Waals surface area contributed by atoms with Gasteiger partial charge in [-0.2, -0.15) is 0 Å². The van der Waals surface area contributed by atoms with Gasteiger partial charge in [-0.05, 0) is 105 Å². The number of rotatable bonds is 8. The van der Waals surface area contributed by atoms with Gasteiger partial charge >= 0.3 is 0 Å². The predicted molar refractivity (Wildman–Crippen MR) is 519 cm³/mol. The van der Waals surface area contributed by atoms with Crippen LogP contribution < -0.4 is 0 Å². The Hall–Kier alpha value is -16.1. The van der Waals surface area contributed by atoms with Crippen molar-refractivity contribution >= 4 is 226 Å². The molecule has 0 amide bonds. The fraction of sp³-hybridized carbons (Fsp3) is 0. The van der Waals surface area contributed by atoms with Crippen LogP contribution >= 0.6 is 22.7 Å². The van der Waals surface area contributed by atoms with Crippen molar-refractivity contribution < 1.29 is 4.42 Å². The highest BCUT2D eigenvalue weighted by atomic mass is 32.1. The van der Waals surface area contributed by atoms with Gasteiger partial charge in [0.15, 0.2) is 0 Å². The van der Waals surface area contributed by atoms with E-state index in [1.54, 1.807) is 0 Å². The molecule has 0 spiro atoms. The zero-order chi connectivity index (χ0) is 80.7. The van der Waals surface area contributed by atoms with Gasteiger partial charge in [0.1, 0.15) is 11.2 Å². The SMILES string of the molecule is c1ccc(-c2nc(-n3c4ccccc4c4c5c6ccccc6oc5c5c(-c6ccc7c8c9c%10ccccc%10sc9c9ccccc9c8n(-c8nc(-c9ccccc9)c9cc(-c%10ccc%11c(c%10)c%10c%12ccccc%12sc%10c%10c%11c%11ccccc%11n%10-c%10nc(-c%11ccccc%11)c%11ccc%12ccccc%12c%11n%10)ccc9n8)c7c6)cccc5c43)nc3ccccc23)cc1. The van der Waals surface area contributed by atoms with Crippen LogP contribution in [0, 0.1) is 0 Å². The van der Waals surface area contributed by atoms with Gasteiger partial charge in [0.05, 0.1) is 71.4 Å². The van der Waals surface area contributed by atoms with Crippen molar-refractivity contribution in [3.05, 3.63) is 370 Å². The van der Waals surface area contributed by atoms with Gasteiger partial charge < -0.3 is 4.42 Å². The Bertz CT molecular complexity index is 9600. The zero-order valence-electron chi connectivity index (χ0n) is 66.0. The summed E-state index contributed by atoms with van der Waals surface area (Å²) in [5, 5.41) is 25.4. The molecule has 0 atom stereocenters. The van der Waals surface area contributed by atoms with Crippen LogP contribution in [0.25, 0.3) is 277 Å². The van der Waals surface area contributed by atoms with E-state index in [2.05, 4.69) is 384 Å². The molecule has 0 saturated heterocycles. The maximum atomic E-state index is 7.38. The van der Waals surface area contributed by atoms with E-state index in [1.165, 1.54) is 51.1 Å². The normalized spacial score (nSPS) is 12.4. The van der Waals surface area contributed by atoms with Crippen molar-refractivity contribution in [1.82, 2.24) is 43.6 Å². The highest BCUT2D eigenvalue weighted by Gasteiger charge is 2.31. The Morgan fingerprint density at radius 3 is 1.42 bits per heavy atom. The molecular formula is C112H61N9OS2. The van der Waals surface area contributed by atoms with Gasteiger partial charge in [-0.25, -0.2) is 29.9 Å². The largest absolute Gasteiger partial charge is 0.455 e. The van der Waals surface area contributed by atoms with Crippen LogP contribution in [-0.2, 0) is 0 Å². The van der Waals surface area contributed by atoms with Crippen LogP contribution in [0.2, 0.25) is 0 Å². The Balaban J connectivity index is 0.683. The van der Waals surface area contributed by atoms with E-state index < -0.39 is 0 Å². The lowest BCUT2D eigenvalue weighted by Crippen LogP contribution is -2.04. The van der Waals surface area contributed by atoms with Crippen molar-refractivity contribution in [3.63, 3.8) is 0 Å². The Morgan fingerprint density at radius 2 is 0.702 bits per heavy atom. The number of hydrogen-bond acceptors (Lipinski definition) is 9. The minimum Gasteiger partial charge on any atom is -0.455 e. The van der Waals surface area contributed by atoms with Gasteiger partial charge in [-0.1, -0.05) is 303 Å². The van der Waals surface area contributed by atoms with Gasteiger partial charge in [0, 0.05) is 139 Å². The standard InChI is InChI=1S/C112H61N9OS2/c1-4-28-63(29-5-1)100-74-37-14-20-45-85(74)113-110(115-100)119-88-47-22-16-39-76(88)96-98-78-40-17-23-48-90(78)122-107(98)94-69(43-26-44-81(94)105(96)119)68-53-56-77-89(61-68)121(104-72-35-12-13-36-73(72)108-99(97(77)104)80-42-19-25-50-92(80)123-108)111-114-86-58-54-67(60-84(86)102(117-111)65-32-8-3-9-33-65)66-52-55-71-83(59-66)95-79-41-18-24-49-91(79)124-109(95)106-93(71)75-38-15-21-46-87(75)120(106)112-116-101(64-30-6-2-7-31-64)82-57-51-62-27-10-11-34-70(62)103(82)118-112/h1-61H. The van der Waals surface area contributed by atoms with E-state index in [-0.39, 0.29) is 0 Å². The van der Waals surface area contributed by atoms with E-state index in [9.17, 15) is 0 Å². The molecule has 0 aliphatic carbocycles. The molecular weight excluding hydrogens is 1550 g/mol.